The maximum atomic E-state index is 13.5. The number of aromatic nitrogens is 3. The number of halogens is 1. The van der Waals surface area contributed by atoms with E-state index in [9.17, 15) is 14.0 Å². The van der Waals surface area contributed by atoms with Crippen molar-refractivity contribution in [3.05, 3.63) is 51.9 Å². The second-order valence-corrected chi connectivity index (χ2v) is 8.56. The average Bonchev–Trinajstić information content (AvgIpc) is 3.38. The Morgan fingerprint density at radius 2 is 2.09 bits per heavy atom. The van der Waals surface area contributed by atoms with Crippen LogP contribution in [0.4, 0.5) is 15.9 Å². The number of hydrogen-bond donors (Lipinski definition) is 2. The minimum Gasteiger partial charge on any atom is -0.338 e. The summed E-state index contributed by atoms with van der Waals surface area (Å²) in [6.45, 7) is 4.70. The lowest BCUT2D eigenvalue weighted by Crippen LogP contribution is -2.29. The molecule has 1 amide bonds. The highest BCUT2D eigenvalue weighted by Gasteiger charge is 2.28. The summed E-state index contributed by atoms with van der Waals surface area (Å²) in [5.41, 5.74) is 2.73. The molecule has 3 aromatic rings. The van der Waals surface area contributed by atoms with Gasteiger partial charge in [-0.15, -0.1) is 0 Å². The molecule has 9 heteroatoms. The zero-order valence-electron chi connectivity index (χ0n) is 18.8. The number of anilines is 2. The first-order chi connectivity index (χ1) is 15.9. The van der Waals surface area contributed by atoms with Crippen molar-refractivity contribution >= 4 is 28.3 Å². The standard InChI is InChI=1S/C22H24FN5O2.C2H3N/c1-13-10-16(4-5-17(13)22(30)27-9-7-15(23)12-27)25-20-19-18(6-8-24-21(19)29)28(26-20)11-14-2-3-14;1-2-3/h4-6,8,10,14-15H,2-3,7,9,11-12H2,1H3,(H,24,29)(H,25,26);1H3/t15-;/m0./s1. The molecule has 8 nitrogen and oxygen atoms in total. The highest BCUT2D eigenvalue weighted by Crippen LogP contribution is 2.33. The van der Waals surface area contributed by atoms with Crippen LogP contribution in [0.25, 0.3) is 10.9 Å². The topological polar surface area (TPSA) is 107 Å². The molecule has 0 radical (unpaired) electrons. The number of H-pyrrole nitrogens is 1. The third-order valence-corrected chi connectivity index (χ3v) is 5.94. The quantitative estimate of drug-likeness (QED) is 0.613. The Kier molecular flexibility index (Phi) is 6.45. The van der Waals surface area contributed by atoms with Crippen LogP contribution in [0.15, 0.2) is 35.3 Å². The predicted molar refractivity (Wildman–Crippen MR) is 124 cm³/mol. The molecule has 2 N–H and O–H groups in total. The maximum Gasteiger partial charge on any atom is 0.261 e. The van der Waals surface area contributed by atoms with Crippen molar-refractivity contribution in [2.45, 2.75) is 45.8 Å². The molecule has 33 heavy (non-hydrogen) atoms. The molecule has 1 aliphatic carbocycles. The van der Waals surface area contributed by atoms with Gasteiger partial charge >= 0.3 is 0 Å². The van der Waals surface area contributed by atoms with Crippen molar-refractivity contribution in [2.24, 2.45) is 5.92 Å². The number of aryl methyl sites for hydroxylation is 1. The van der Waals surface area contributed by atoms with Crippen molar-refractivity contribution in [1.82, 2.24) is 19.7 Å². The number of benzene rings is 1. The number of likely N-dealkylation sites (tertiary alicyclic amines) is 1. The molecule has 1 aromatic carbocycles. The highest BCUT2D eigenvalue weighted by molar-refractivity contribution is 5.97. The van der Waals surface area contributed by atoms with Crippen molar-refractivity contribution in [3.63, 3.8) is 0 Å². The lowest BCUT2D eigenvalue weighted by atomic mass is 10.1. The minimum atomic E-state index is -0.938. The molecule has 1 atom stereocenters. The number of aromatic amines is 1. The number of rotatable bonds is 5. The van der Waals surface area contributed by atoms with Crippen LogP contribution in [0, 0.1) is 24.2 Å². The Hall–Kier alpha value is -3.67. The first-order valence-electron chi connectivity index (χ1n) is 11.1. The number of pyridine rings is 1. The van der Waals surface area contributed by atoms with E-state index in [0.717, 1.165) is 23.3 Å². The molecular formula is C24H27FN6O2. The molecule has 172 valence electrons. The monoisotopic (exact) mass is 450 g/mol. The molecule has 1 aliphatic heterocycles. The van der Waals surface area contributed by atoms with Crippen LogP contribution >= 0.6 is 0 Å². The van der Waals surface area contributed by atoms with Crippen LogP contribution in [-0.4, -0.2) is 44.8 Å². The predicted octanol–water partition coefficient (Wildman–Crippen LogP) is 3.90. The van der Waals surface area contributed by atoms with Crippen LogP contribution in [-0.2, 0) is 6.54 Å². The molecule has 1 saturated heterocycles. The zero-order chi connectivity index (χ0) is 23.5. The van der Waals surface area contributed by atoms with Gasteiger partial charge in [0.05, 0.1) is 18.1 Å². The van der Waals surface area contributed by atoms with Gasteiger partial charge in [0, 0.05) is 37.5 Å². The van der Waals surface area contributed by atoms with Gasteiger partial charge in [0.1, 0.15) is 11.6 Å². The van der Waals surface area contributed by atoms with E-state index in [1.54, 1.807) is 29.3 Å². The fourth-order valence-electron chi connectivity index (χ4n) is 4.10. The summed E-state index contributed by atoms with van der Waals surface area (Å²) in [6.07, 6.45) is 3.50. The normalized spacial score (nSPS) is 17.4. The molecule has 2 fully saturated rings. The molecule has 0 spiro atoms. The first-order valence-corrected chi connectivity index (χ1v) is 11.1. The van der Waals surface area contributed by atoms with E-state index in [1.165, 1.54) is 19.8 Å². The lowest BCUT2D eigenvalue weighted by molar-refractivity contribution is 0.0782. The largest absolute Gasteiger partial charge is 0.338 e. The van der Waals surface area contributed by atoms with Gasteiger partial charge < -0.3 is 15.2 Å². The summed E-state index contributed by atoms with van der Waals surface area (Å²) in [6, 6.07) is 9.03. The molecular weight excluding hydrogens is 423 g/mol. The van der Waals surface area contributed by atoms with Gasteiger partial charge in [0.25, 0.3) is 11.5 Å². The SMILES string of the molecule is CC#N.Cc1cc(Nc2nn(CC3CC3)c3cc[nH]c(=O)c23)ccc1C(=O)N1CC[C@H](F)C1. The zero-order valence-corrected chi connectivity index (χ0v) is 18.8. The summed E-state index contributed by atoms with van der Waals surface area (Å²) in [5, 5.41) is 15.8. The second kappa shape index (κ2) is 9.45. The lowest BCUT2D eigenvalue weighted by Gasteiger charge is -2.17. The highest BCUT2D eigenvalue weighted by atomic mass is 19.1. The van der Waals surface area contributed by atoms with Crippen molar-refractivity contribution in [1.29, 1.82) is 5.26 Å². The van der Waals surface area contributed by atoms with Crippen molar-refractivity contribution in [3.8, 4) is 6.07 Å². The number of nitrogens with one attached hydrogen (secondary N) is 2. The van der Waals surface area contributed by atoms with Crippen LogP contribution in [0.3, 0.4) is 0 Å². The number of nitriles is 1. The number of hydrogen-bond acceptors (Lipinski definition) is 5. The molecule has 2 aromatic heterocycles. The molecule has 3 heterocycles. The summed E-state index contributed by atoms with van der Waals surface area (Å²) in [4.78, 5) is 29.4. The van der Waals surface area contributed by atoms with Gasteiger partial charge in [-0.1, -0.05) is 0 Å². The fourth-order valence-corrected chi connectivity index (χ4v) is 4.10. The Morgan fingerprint density at radius 1 is 1.33 bits per heavy atom. The summed E-state index contributed by atoms with van der Waals surface area (Å²) < 4.78 is 15.4. The Morgan fingerprint density at radius 3 is 2.73 bits per heavy atom. The Balaban J connectivity index is 0.000000821. The molecule has 5 rings (SSSR count). The van der Waals surface area contributed by atoms with Crippen LogP contribution in [0.1, 0.15) is 42.1 Å². The van der Waals surface area contributed by atoms with Gasteiger partial charge in [-0.25, -0.2) is 4.39 Å². The van der Waals surface area contributed by atoms with E-state index in [1.807, 2.05) is 23.7 Å². The number of nitrogens with zero attached hydrogens (tertiary/aromatic N) is 4. The third kappa shape index (κ3) is 4.90. The summed E-state index contributed by atoms with van der Waals surface area (Å²) in [7, 11) is 0. The Labute approximate surface area is 191 Å². The number of fused-ring (bicyclic) bond motifs is 1. The van der Waals surface area contributed by atoms with E-state index in [2.05, 4.69) is 15.4 Å². The van der Waals surface area contributed by atoms with Gasteiger partial charge in [0.2, 0.25) is 0 Å². The molecule has 1 saturated carbocycles. The van der Waals surface area contributed by atoms with Crippen LogP contribution in [0.5, 0.6) is 0 Å². The van der Waals surface area contributed by atoms with E-state index >= 15 is 0 Å². The van der Waals surface area contributed by atoms with Gasteiger partial charge in [-0.05, 0) is 61.9 Å². The number of carbonyl (C=O) groups excluding carboxylic acids is 1. The molecule has 0 bridgehead atoms. The Bertz CT molecular complexity index is 1270. The van der Waals surface area contributed by atoms with Gasteiger partial charge in [0.15, 0.2) is 5.82 Å². The fraction of sp³-hybridized carbons (Fsp3) is 0.417. The second-order valence-electron chi connectivity index (χ2n) is 8.56. The summed E-state index contributed by atoms with van der Waals surface area (Å²) in [5.74, 6) is 0.989. The maximum absolute atomic E-state index is 13.5. The average molecular weight is 451 g/mol. The number of carbonyl (C=O) groups is 1. The van der Waals surface area contributed by atoms with Gasteiger partial charge in [-0.2, -0.15) is 10.4 Å². The van der Waals surface area contributed by atoms with E-state index in [4.69, 9.17) is 5.26 Å². The summed E-state index contributed by atoms with van der Waals surface area (Å²) >= 11 is 0. The van der Waals surface area contributed by atoms with E-state index in [0.29, 0.717) is 35.7 Å². The van der Waals surface area contributed by atoms with Crippen LogP contribution in [0.2, 0.25) is 0 Å². The van der Waals surface area contributed by atoms with E-state index < -0.39 is 6.17 Å². The smallest absolute Gasteiger partial charge is 0.261 e. The van der Waals surface area contributed by atoms with Crippen LogP contribution < -0.4 is 10.9 Å². The minimum absolute atomic E-state index is 0.144. The first kappa shape index (κ1) is 22.5. The van der Waals surface area contributed by atoms with Crippen molar-refractivity contribution < 1.29 is 9.18 Å². The number of alkyl halides is 1. The third-order valence-electron chi connectivity index (χ3n) is 5.94. The van der Waals surface area contributed by atoms with Gasteiger partial charge in [-0.3, -0.25) is 14.3 Å². The van der Waals surface area contributed by atoms with Crippen molar-refractivity contribution in [2.75, 3.05) is 18.4 Å². The molecule has 0 unspecified atom stereocenters. The molecule has 2 aliphatic rings. The van der Waals surface area contributed by atoms with E-state index in [-0.39, 0.29) is 18.0 Å². The number of amides is 1.